The Morgan fingerprint density at radius 1 is 1.78 bits per heavy atom. The highest BCUT2D eigenvalue weighted by Gasteiger charge is 2.23. The maximum Gasteiger partial charge on any atom is 0.166 e. The maximum atomic E-state index is 8.87. The predicted molar refractivity (Wildman–Crippen MR) is 30.6 cm³/mol. The maximum absolute atomic E-state index is 8.87. The molecule has 3 heteroatoms. The molecule has 0 radical (unpaired) electrons. The summed E-state index contributed by atoms with van der Waals surface area (Å²) in [6, 6.07) is 1.74. The summed E-state index contributed by atoms with van der Waals surface area (Å²) in [7, 11) is 0. The number of aliphatic hydroxyl groups is 1. The Morgan fingerprint density at radius 3 is 3.00 bits per heavy atom. The zero-order chi connectivity index (χ0) is 6.69. The van der Waals surface area contributed by atoms with Gasteiger partial charge in [0.1, 0.15) is 0 Å². The van der Waals surface area contributed by atoms with Crippen molar-refractivity contribution in [3.05, 3.63) is 0 Å². The summed E-state index contributed by atoms with van der Waals surface area (Å²) in [6.07, 6.45) is 0.625. The van der Waals surface area contributed by atoms with Crippen molar-refractivity contribution in [1.82, 2.24) is 0 Å². The standard InChI is InChI=1S/C6H9NO2/c7-4-5(8)6-2-1-3-9-6/h5-6,8H,1-3H2/t5-,6+/m0/s1. The van der Waals surface area contributed by atoms with Crippen molar-refractivity contribution in [3.8, 4) is 6.07 Å². The smallest absolute Gasteiger partial charge is 0.166 e. The monoisotopic (exact) mass is 127 g/mol. The first-order valence-corrected chi connectivity index (χ1v) is 3.04. The second-order valence-corrected chi connectivity index (χ2v) is 2.13. The number of aliphatic hydroxyl groups excluding tert-OH is 1. The van der Waals surface area contributed by atoms with Crippen LogP contribution in [0.25, 0.3) is 0 Å². The van der Waals surface area contributed by atoms with Gasteiger partial charge in [-0.15, -0.1) is 0 Å². The minimum Gasteiger partial charge on any atom is -0.375 e. The fourth-order valence-corrected chi connectivity index (χ4v) is 0.935. The van der Waals surface area contributed by atoms with Gasteiger partial charge < -0.3 is 9.84 Å². The minimum absolute atomic E-state index is 0.227. The molecule has 2 atom stereocenters. The molecule has 1 N–H and O–H groups in total. The normalized spacial score (nSPS) is 29.6. The summed E-state index contributed by atoms with van der Waals surface area (Å²) >= 11 is 0. The highest BCUT2D eigenvalue weighted by molar-refractivity contribution is 4.90. The molecule has 9 heavy (non-hydrogen) atoms. The number of ether oxygens (including phenoxy) is 1. The first-order valence-electron chi connectivity index (χ1n) is 3.04. The minimum atomic E-state index is -0.924. The summed E-state index contributed by atoms with van der Waals surface area (Å²) < 4.78 is 5.03. The van der Waals surface area contributed by atoms with Crippen LogP contribution >= 0.6 is 0 Å². The molecule has 0 unspecified atom stereocenters. The molecule has 0 aromatic rings. The van der Waals surface area contributed by atoms with Crippen LogP contribution in [0.5, 0.6) is 0 Å². The van der Waals surface area contributed by atoms with E-state index in [0.29, 0.717) is 6.61 Å². The quantitative estimate of drug-likeness (QED) is 0.506. The number of hydrogen-bond acceptors (Lipinski definition) is 3. The van der Waals surface area contributed by atoms with Crippen LogP contribution < -0.4 is 0 Å². The Labute approximate surface area is 53.9 Å². The van der Waals surface area contributed by atoms with Gasteiger partial charge in [0, 0.05) is 6.61 Å². The van der Waals surface area contributed by atoms with Crippen LogP contribution in [0.1, 0.15) is 12.8 Å². The summed E-state index contributed by atoms with van der Waals surface area (Å²) in [5, 5.41) is 17.1. The third kappa shape index (κ3) is 1.41. The third-order valence-electron chi connectivity index (χ3n) is 1.45. The Morgan fingerprint density at radius 2 is 2.56 bits per heavy atom. The van der Waals surface area contributed by atoms with Gasteiger partial charge in [-0.2, -0.15) is 5.26 Å². The van der Waals surface area contributed by atoms with Crippen LogP contribution in [0.4, 0.5) is 0 Å². The van der Waals surface area contributed by atoms with E-state index in [-0.39, 0.29) is 6.10 Å². The fourth-order valence-electron chi connectivity index (χ4n) is 0.935. The van der Waals surface area contributed by atoms with E-state index in [2.05, 4.69) is 0 Å². The molecule has 1 saturated heterocycles. The second-order valence-electron chi connectivity index (χ2n) is 2.13. The summed E-state index contributed by atoms with van der Waals surface area (Å²) in [5.74, 6) is 0. The molecule has 1 rings (SSSR count). The van der Waals surface area contributed by atoms with Crippen molar-refractivity contribution in [2.45, 2.75) is 25.0 Å². The van der Waals surface area contributed by atoms with Crippen molar-refractivity contribution in [3.63, 3.8) is 0 Å². The van der Waals surface area contributed by atoms with E-state index in [1.54, 1.807) is 6.07 Å². The molecular weight excluding hydrogens is 118 g/mol. The van der Waals surface area contributed by atoms with Crippen molar-refractivity contribution in [2.75, 3.05) is 6.61 Å². The lowest BCUT2D eigenvalue weighted by Gasteiger charge is -2.08. The molecule has 0 aliphatic carbocycles. The molecule has 0 spiro atoms. The number of nitriles is 1. The molecule has 1 aliphatic heterocycles. The predicted octanol–water partition coefficient (Wildman–Crippen LogP) is 0.0499. The summed E-state index contributed by atoms with van der Waals surface area (Å²) in [4.78, 5) is 0. The van der Waals surface area contributed by atoms with Crippen LogP contribution in [0, 0.1) is 11.3 Å². The number of rotatable bonds is 1. The van der Waals surface area contributed by atoms with Crippen molar-refractivity contribution >= 4 is 0 Å². The average Bonchev–Trinajstić information content (AvgIpc) is 2.37. The molecular formula is C6H9NO2. The fraction of sp³-hybridized carbons (Fsp3) is 0.833. The lowest BCUT2D eigenvalue weighted by Crippen LogP contribution is -2.22. The van der Waals surface area contributed by atoms with Gasteiger partial charge in [0.25, 0.3) is 0 Å². The zero-order valence-corrected chi connectivity index (χ0v) is 5.08. The van der Waals surface area contributed by atoms with Crippen LogP contribution in [0.3, 0.4) is 0 Å². The van der Waals surface area contributed by atoms with Crippen LogP contribution in [0.15, 0.2) is 0 Å². The van der Waals surface area contributed by atoms with Gasteiger partial charge in [0.15, 0.2) is 6.10 Å². The molecule has 0 bridgehead atoms. The average molecular weight is 127 g/mol. The Balaban J connectivity index is 2.34. The molecule has 0 aromatic carbocycles. The Kier molecular flexibility index (Phi) is 2.04. The Bertz CT molecular complexity index is 124. The van der Waals surface area contributed by atoms with Gasteiger partial charge in [0.2, 0.25) is 0 Å². The van der Waals surface area contributed by atoms with Gasteiger partial charge in [-0.05, 0) is 12.8 Å². The topological polar surface area (TPSA) is 53.2 Å². The van der Waals surface area contributed by atoms with Gasteiger partial charge in [-0.25, -0.2) is 0 Å². The van der Waals surface area contributed by atoms with Gasteiger partial charge >= 0.3 is 0 Å². The SMILES string of the molecule is N#C[C@H](O)[C@H]1CCCO1. The van der Waals surface area contributed by atoms with Crippen molar-refractivity contribution in [1.29, 1.82) is 5.26 Å². The van der Waals surface area contributed by atoms with E-state index in [9.17, 15) is 0 Å². The van der Waals surface area contributed by atoms with E-state index >= 15 is 0 Å². The molecule has 0 saturated carbocycles. The number of nitrogens with zero attached hydrogens (tertiary/aromatic N) is 1. The second kappa shape index (κ2) is 2.81. The number of hydrogen-bond donors (Lipinski definition) is 1. The van der Waals surface area contributed by atoms with Crippen LogP contribution in [0.2, 0.25) is 0 Å². The van der Waals surface area contributed by atoms with Crippen molar-refractivity contribution < 1.29 is 9.84 Å². The van der Waals surface area contributed by atoms with E-state index in [4.69, 9.17) is 15.1 Å². The lowest BCUT2D eigenvalue weighted by atomic mass is 10.1. The summed E-state index contributed by atoms with van der Waals surface area (Å²) in [6.45, 7) is 0.684. The van der Waals surface area contributed by atoms with Gasteiger partial charge in [0.05, 0.1) is 12.2 Å². The van der Waals surface area contributed by atoms with E-state index in [1.165, 1.54) is 0 Å². The molecule has 50 valence electrons. The molecule has 3 nitrogen and oxygen atoms in total. The van der Waals surface area contributed by atoms with E-state index < -0.39 is 6.10 Å². The largest absolute Gasteiger partial charge is 0.375 e. The highest BCUT2D eigenvalue weighted by Crippen LogP contribution is 2.14. The zero-order valence-electron chi connectivity index (χ0n) is 5.08. The lowest BCUT2D eigenvalue weighted by molar-refractivity contribution is 0.0263. The summed E-state index contributed by atoms with van der Waals surface area (Å²) in [5.41, 5.74) is 0. The van der Waals surface area contributed by atoms with Crippen LogP contribution in [-0.4, -0.2) is 23.9 Å². The first-order chi connectivity index (χ1) is 4.34. The first kappa shape index (κ1) is 6.53. The van der Waals surface area contributed by atoms with Crippen molar-refractivity contribution in [2.24, 2.45) is 0 Å². The third-order valence-corrected chi connectivity index (χ3v) is 1.45. The molecule has 0 amide bonds. The van der Waals surface area contributed by atoms with Gasteiger partial charge in [-0.1, -0.05) is 0 Å². The molecule has 1 fully saturated rings. The van der Waals surface area contributed by atoms with Gasteiger partial charge in [-0.3, -0.25) is 0 Å². The van der Waals surface area contributed by atoms with Crippen LogP contribution in [-0.2, 0) is 4.74 Å². The molecule has 1 heterocycles. The highest BCUT2D eigenvalue weighted by atomic mass is 16.5. The Hall–Kier alpha value is -0.590. The van der Waals surface area contributed by atoms with E-state index in [1.807, 2.05) is 0 Å². The van der Waals surface area contributed by atoms with E-state index in [0.717, 1.165) is 12.8 Å². The molecule has 0 aromatic heterocycles. The molecule has 1 aliphatic rings.